The number of nitrogens with zero attached hydrogens (tertiary/aromatic N) is 5. The Morgan fingerprint density at radius 3 is 2.69 bits per heavy atom. The molecule has 1 saturated carbocycles. The molecule has 0 N–H and O–H groups in total. The third-order valence-corrected chi connectivity index (χ3v) is 7.56. The normalized spacial score (nSPS) is 22.3. The first-order valence-corrected chi connectivity index (χ1v) is 12.7. The largest absolute Gasteiger partial charge is 0.370 e. The number of benzene rings is 1. The molecule has 4 aromatic rings. The van der Waals surface area contributed by atoms with E-state index in [0.29, 0.717) is 45.8 Å². The van der Waals surface area contributed by atoms with Crippen LogP contribution in [0.25, 0.3) is 16.9 Å². The number of fused-ring (bicyclic) bond motifs is 1. The van der Waals surface area contributed by atoms with Crippen LogP contribution in [0.4, 0.5) is 4.39 Å². The third-order valence-electron chi connectivity index (χ3n) is 7.33. The van der Waals surface area contributed by atoms with Crippen molar-refractivity contribution in [3.8, 4) is 11.3 Å². The van der Waals surface area contributed by atoms with Crippen LogP contribution >= 0.6 is 11.6 Å². The second-order valence-corrected chi connectivity index (χ2v) is 10.5. The van der Waals surface area contributed by atoms with Gasteiger partial charge in [0.25, 0.3) is 5.56 Å². The van der Waals surface area contributed by atoms with Crippen LogP contribution in [0.1, 0.15) is 73.2 Å². The third kappa shape index (κ3) is 4.12. The molecule has 3 atom stereocenters. The van der Waals surface area contributed by atoms with E-state index in [4.69, 9.17) is 21.3 Å². The summed E-state index contributed by atoms with van der Waals surface area (Å²) in [4.78, 5) is 22.8. The minimum Gasteiger partial charge on any atom is -0.370 e. The van der Waals surface area contributed by atoms with Crippen LogP contribution < -0.4 is 5.56 Å². The van der Waals surface area contributed by atoms with Gasteiger partial charge in [-0.05, 0) is 64.7 Å². The Morgan fingerprint density at radius 1 is 1.14 bits per heavy atom. The van der Waals surface area contributed by atoms with Gasteiger partial charge in [-0.15, -0.1) is 0 Å². The Balaban J connectivity index is 1.47. The molecule has 3 aromatic heterocycles. The summed E-state index contributed by atoms with van der Waals surface area (Å²) in [6.45, 7) is 5.58. The topological polar surface area (TPSA) is 74.3 Å². The highest BCUT2D eigenvalue weighted by atomic mass is 35.5. The molecule has 0 bridgehead atoms. The number of hydrogen-bond donors (Lipinski definition) is 0. The summed E-state index contributed by atoms with van der Waals surface area (Å²) in [7, 11) is 0. The summed E-state index contributed by atoms with van der Waals surface area (Å²) in [5, 5.41) is 4.83. The van der Waals surface area contributed by atoms with Gasteiger partial charge in [-0.3, -0.25) is 13.9 Å². The Morgan fingerprint density at radius 2 is 1.94 bits per heavy atom. The quantitative estimate of drug-likeness (QED) is 0.353. The van der Waals surface area contributed by atoms with E-state index in [1.54, 1.807) is 32.2 Å². The van der Waals surface area contributed by atoms with Crippen molar-refractivity contribution in [2.24, 2.45) is 0 Å². The maximum absolute atomic E-state index is 15.1. The van der Waals surface area contributed by atoms with Gasteiger partial charge in [0.1, 0.15) is 11.5 Å². The molecule has 0 radical (unpaired) electrons. The number of aryl methyl sites for hydroxylation is 1. The van der Waals surface area contributed by atoms with Gasteiger partial charge in [0, 0.05) is 45.7 Å². The Labute approximate surface area is 212 Å². The summed E-state index contributed by atoms with van der Waals surface area (Å²) in [5.41, 5.74) is 3.66. The van der Waals surface area contributed by atoms with E-state index in [1.165, 1.54) is 23.3 Å². The van der Waals surface area contributed by atoms with Gasteiger partial charge in [-0.25, -0.2) is 14.4 Å². The van der Waals surface area contributed by atoms with E-state index < -0.39 is 5.82 Å². The molecule has 1 saturated heterocycles. The molecule has 1 aliphatic carbocycles. The van der Waals surface area contributed by atoms with Crippen LogP contribution in [0.2, 0.25) is 5.02 Å². The smallest absolute Gasteiger partial charge is 0.261 e. The number of ether oxygens (including phenoxy) is 1. The molecule has 2 aliphatic rings. The fraction of sp³-hybridized carbons (Fsp3) is 0.407. The van der Waals surface area contributed by atoms with Crippen LogP contribution in [-0.2, 0) is 4.74 Å². The zero-order chi connectivity index (χ0) is 25.1. The van der Waals surface area contributed by atoms with Gasteiger partial charge >= 0.3 is 0 Å². The summed E-state index contributed by atoms with van der Waals surface area (Å²) in [5.74, 6) is -0.498. The second-order valence-electron chi connectivity index (χ2n) is 10.0. The summed E-state index contributed by atoms with van der Waals surface area (Å²) >= 11 is 6.01. The number of hydrogen-bond acceptors (Lipinski definition) is 5. The fourth-order valence-corrected chi connectivity index (χ4v) is 5.23. The van der Waals surface area contributed by atoms with Gasteiger partial charge in [0.15, 0.2) is 5.65 Å². The second kappa shape index (κ2) is 8.78. The van der Waals surface area contributed by atoms with Crippen molar-refractivity contribution in [3.05, 3.63) is 80.5 Å². The highest BCUT2D eigenvalue weighted by Gasteiger charge is 2.33. The lowest BCUT2D eigenvalue weighted by atomic mass is 9.87. The van der Waals surface area contributed by atoms with Crippen LogP contribution in [0, 0.1) is 19.7 Å². The van der Waals surface area contributed by atoms with E-state index in [9.17, 15) is 4.79 Å². The SMILES string of the molecule is Cc1nc2c(-c3ccc(Cl)cc3F)nc([C@@H]3C[C@H](C)O[C@@H](c4cnn(C5CC5)c4)C3)cn2c(=O)c1C. The Hall–Kier alpha value is -3.10. The minimum absolute atomic E-state index is 0.00930. The lowest BCUT2D eigenvalue weighted by Crippen LogP contribution is -2.27. The van der Waals surface area contributed by atoms with Crippen LogP contribution in [0.15, 0.2) is 41.6 Å². The highest BCUT2D eigenvalue weighted by Crippen LogP contribution is 2.41. The standard InChI is InChI=1S/C27H27ClFN5O2/c1-14-8-17(9-24(36-14)18-11-30-34(12-18)20-5-6-20)23-13-33-26(31-16(3)15(2)27(33)35)25(32-23)21-7-4-19(28)10-22(21)29/h4,7,10-14,17,20,24H,5-6,8-9H2,1-3H3/t14-,17+,24+/m0/s1. The maximum atomic E-state index is 15.1. The van der Waals surface area contributed by atoms with Crippen molar-refractivity contribution in [3.63, 3.8) is 0 Å². The van der Waals surface area contributed by atoms with Gasteiger partial charge in [-0.2, -0.15) is 5.10 Å². The lowest BCUT2D eigenvalue weighted by molar-refractivity contribution is -0.0506. The van der Waals surface area contributed by atoms with Crippen LogP contribution in [-0.4, -0.2) is 30.3 Å². The molecule has 4 heterocycles. The van der Waals surface area contributed by atoms with Crippen molar-refractivity contribution < 1.29 is 9.13 Å². The average Bonchev–Trinajstić information content (AvgIpc) is 3.58. The van der Waals surface area contributed by atoms with E-state index in [2.05, 4.69) is 16.3 Å². The van der Waals surface area contributed by atoms with Gasteiger partial charge in [-0.1, -0.05) is 11.6 Å². The average molecular weight is 508 g/mol. The predicted octanol–water partition coefficient (Wildman–Crippen LogP) is 5.72. The maximum Gasteiger partial charge on any atom is 0.261 e. The van der Waals surface area contributed by atoms with E-state index in [1.807, 2.05) is 17.8 Å². The summed E-state index contributed by atoms with van der Waals surface area (Å²) in [6.07, 6.45) is 9.35. The van der Waals surface area contributed by atoms with Crippen LogP contribution in [0.3, 0.4) is 0 Å². The predicted molar refractivity (Wildman–Crippen MR) is 135 cm³/mol. The molecule has 36 heavy (non-hydrogen) atoms. The Kier molecular flexibility index (Phi) is 5.68. The van der Waals surface area contributed by atoms with Crippen molar-refractivity contribution in [1.29, 1.82) is 0 Å². The van der Waals surface area contributed by atoms with E-state index in [0.717, 1.165) is 12.0 Å². The molecular weight excluding hydrogens is 481 g/mol. The molecule has 186 valence electrons. The van der Waals surface area contributed by atoms with E-state index >= 15 is 4.39 Å². The van der Waals surface area contributed by atoms with Gasteiger partial charge in [0.05, 0.1) is 30.1 Å². The first-order chi connectivity index (χ1) is 17.3. The minimum atomic E-state index is -0.507. The number of rotatable bonds is 4. The zero-order valence-electron chi connectivity index (χ0n) is 20.4. The molecular formula is C27H27ClFN5O2. The Bertz CT molecular complexity index is 1540. The molecule has 6 rings (SSSR count). The number of aromatic nitrogens is 5. The summed E-state index contributed by atoms with van der Waals surface area (Å²) < 4.78 is 24.9. The summed E-state index contributed by atoms with van der Waals surface area (Å²) in [6, 6.07) is 4.96. The van der Waals surface area contributed by atoms with Crippen molar-refractivity contribution in [1.82, 2.24) is 24.1 Å². The number of halogens is 2. The van der Waals surface area contributed by atoms with Crippen molar-refractivity contribution in [2.75, 3.05) is 0 Å². The molecule has 1 aromatic carbocycles. The highest BCUT2D eigenvalue weighted by molar-refractivity contribution is 6.30. The monoisotopic (exact) mass is 507 g/mol. The first kappa shape index (κ1) is 23.3. The van der Waals surface area contributed by atoms with Gasteiger partial charge < -0.3 is 4.74 Å². The zero-order valence-corrected chi connectivity index (χ0v) is 21.2. The molecule has 2 fully saturated rings. The molecule has 0 amide bonds. The molecule has 0 spiro atoms. The van der Waals surface area contributed by atoms with Crippen molar-refractivity contribution in [2.45, 2.75) is 70.6 Å². The first-order valence-electron chi connectivity index (χ1n) is 12.3. The lowest BCUT2D eigenvalue weighted by Gasteiger charge is -2.33. The molecule has 0 unspecified atom stereocenters. The van der Waals surface area contributed by atoms with Gasteiger partial charge in [0.2, 0.25) is 0 Å². The molecule has 9 heteroatoms. The fourth-order valence-electron chi connectivity index (χ4n) is 5.07. The molecule has 1 aliphatic heterocycles. The van der Waals surface area contributed by atoms with Crippen molar-refractivity contribution >= 4 is 17.2 Å². The van der Waals surface area contributed by atoms with Crippen LogP contribution in [0.5, 0.6) is 0 Å². The molecule has 7 nitrogen and oxygen atoms in total. The van der Waals surface area contributed by atoms with E-state index in [-0.39, 0.29) is 29.2 Å².